The number of benzene rings is 1. The summed E-state index contributed by atoms with van der Waals surface area (Å²) < 4.78 is 18.4. The Morgan fingerprint density at radius 2 is 2.21 bits per heavy atom. The Morgan fingerprint density at radius 3 is 2.79 bits per heavy atom. The molecule has 1 saturated carbocycles. The van der Waals surface area contributed by atoms with Gasteiger partial charge in [0.15, 0.2) is 0 Å². The van der Waals surface area contributed by atoms with Crippen molar-refractivity contribution >= 4 is 17.6 Å². The Hall–Kier alpha value is -1.88. The highest BCUT2D eigenvalue weighted by molar-refractivity contribution is 6.31. The highest BCUT2D eigenvalue weighted by Gasteiger charge is 2.33. The van der Waals surface area contributed by atoms with Gasteiger partial charge in [-0.3, -0.25) is 0 Å². The van der Waals surface area contributed by atoms with Crippen LogP contribution < -0.4 is 0 Å². The molecule has 1 fully saturated rings. The molecule has 0 aliphatic heterocycles. The Morgan fingerprint density at radius 1 is 1.47 bits per heavy atom. The highest BCUT2D eigenvalue weighted by Crippen LogP contribution is 2.42. The summed E-state index contributed by atoms with van der Waals surface area (Å²) in [5.41, 5.74) is 0.920. The fourth-order valence-corrected chi connectivity index (χ4v) is 2.05. The molecule has 0 amide bonds. The molecule has 6 heteroatoms. The third-order valence-electron chi connectivity index (χ3n) is 2.98. The molecule has 0 atom stereocenters. The van der Waals surface area contributed by atoms with E-state index in [1.165, 1.54) is 18.2 Å². The van der Waals surface area contributed by atoms with Crippen LogP contribution in [0.25, 0.3) is 11.5 Å². The molecule has 1 N–H and O–H groups in total. The molecule has 1 aromatic heterocycles. The molecule has 1 aliphatic carbocycles. The van der Waals surface area contributed by atoms with Gasteiger partial charge < -0.3 is 9.52 Å². The number of aromatic nitrogens is 1. The smallest absolute Gasteiger partial charge is 0.373 e. The number of rotatable bonds is 3. The monoisotopic (exact) mass is 281 g/mol. The van der Waals surface area contributed by atoms with Crippen molar-refractivity contribution in [3.05, 3.63) is 40.5 Å². The van der Waals surface area contributed by atoms with Crippen LogP contribution in [-0.4, -0.2) is 16.1 Å². The van der Waals surface area contributed by atoms with Gasteiger partial charge in [0.2, 0.25) is 11.7 Å². The molecule has 0 radical (unpaired) electrons. The van der Waals surface area contributed by atoms with Gasteiger partial charge in [-0.1, -0.05) is 11.6 Å². The van der Waals surface area contributed by atoms with Crippen LogP contribution in [0.5, 0.6) is 0 Å². The average molecular weight is 282 g/mol. The minimum absolute atomic E-state index is 0.0550. The van der Waals surface area contributed by atoms with Crippen molar-refractivity contribution in [3.63, 3.8) is 0 Å². The van der Waals surface area contributed by atoms with E-state index in [4.69, 9.17) is 21.1 Å². The number of carboxylic acids is 1. The number of aromatic carboxylic acids is 1. The number of halogens is 2. The zero-order chi connectivity index (χ0) is 13.6. The van der Waals surface area contributed by atoms with Gasteiger partial charge in [0.1, 0.15) is 5.82 Å². The summed E-state index contributed by atoms with van der Waals surface area (Å²) in [7, 11) is 0. The summed E-state index contributed by atoms with van der Waals surface area (Å²) >= 11 is 5.69. The Labute approximate surface area is 112 Å². The number of oxazole rings is 1. The normalized spacial score (nSPS) is 14.6. The SMILES string of the molecule is O=C(O)c1oc(-c2ccc(F)c(Cl)c2)nc1C1CC1. The van der Waals surface area contributed by atoms with Crippen LogP contribution in [0.3, 0.4) is 0 Å². The summed E-state index contributed by atoms with van der Waals surface area (Å²) in [6.45, 7) is 0. The van der Waals surface area contributed by atoms with E-state index in [1.807, 2.05) is 0 Å². The average Bonchev–Trinajstić information content (AvgIpc) is 3.11. The number of hydrogen-bond acceptors (Lipinski definition) is 3. The van der Waals surface area contributed by atoms with Crippen LogP contribution in [0.15, 0.2) is 22.6 Å². The van der Waals surface area contributed by atoms with E-state index in [0.29, 0.717) is 11.3 Å². The van der Waals surface area contributed by atoms with Gasteiger partial charge in [0, 0.05) is 11.5 Å². The maximum atomic E-state index is 13.1. The fraction of sp³-hybridized carbons (Fsp3) is 0.231. The van der Waals surface area contributed by atoms with Crippen molar-refractivity contribution in [2.75, 3.05) is 0 Å². The van der Waals surface area contributed by atoms with E-state index >= 15 is 0 Å². The molecule has 2 aromatic rings. The summed E-state index contributed by atoms with van der Waals surface area (Å²) in [4.78, 5) is 15.3. The lowest BCUT2D eigenvalue weighted by atomic mass is 10.2. The second-order valence-electron chi connectivity index (χ2n) is 4.44. The third kappa shape index (κ3) is 2.21. The van der Waals surface area contributed by atoms with E-state index < -0.39 is 11.8 Å². The molecule has 98 valence electrons. The fourth-order valence-electron chi connectivity index (χ4n) is 1.87. The molecular formula is C13H9ClFNO3. The molecule has 4 nitrogen and oxygen atoms in total. The lowest BCUT2D eigenvalue weighted by Crippen LogP contribution is -1.98. The van der Waals surface area contributed by atoms with Crippen LogP contribution in [0, 0.1) is 5.82 Å². The Kier molecular flexibility index (Phi) is 2.78. The summed E-state index contributed by atoms with van der Waals surface area (Å²) in [5, 5.41) is 9.03. The number of nitrogens with zero attached hydrogens (tertiary/aromatic N) is 1. The van der Waals surface area contributed by atoms with E-state index in [2.05, 4.69) is 4.98 Å². The van der Waals surface area contributed by atoms with Gasteiger partial charge >= 0.3 is 5.97 Å². The molecule has 3 rings (SSSR count). The molecule has 0 saturated heterocycles. The van der Waals surface area contributed by atoms with Crippen molar-refractivity contribution in [2.45, 2.75) is 18.8 Å². The summed E-state index contributed by atoms with van der Waals surface area (Å²) in [6, 6.07) is 4.01. The van der Waals surface area contributed by atoms with Crippen molar-refractivity contribution in [1.29, 1.82) is 0 Å². The lowest BCUT2D eigenvalue weighted by Gasteiger charge is -1.97. The number of carbonyl (C=O) groups is 1. The van der Waals surface area contributed by atoms with Crippen LogP contribution in [0.1, 0.15) is 35.0 Å². The van der Waals surface area contributed by atoms with Crippen LogP contribution in [-0.2, 0) is 0 Å². The Bertz CT molecular complexity index is 664. The van der Waals surface area contributed by atoms with E-state index in [1.54, 1.807) is 0 Å². The molecule has 0 unspecified atom stereocenters. The van der Waals surface area contributed by atoms with Crippen LogP contribution in [0.4, 0.5) is 4.39 Å². The van der Waals surface area contributed by atoms with Crippen LogP contribution >= 0.6 is 11.6 Å². The first-order valence-corrected chi connectivity index (χ1v) is 6.13. The van der Waals surface area contributed by atoms with Crippen molar-refractivity contribution < 1.29 is 18.7 Å². The lowest BCUT2D eigenvalue weighted by molar-refractivity contribution is 0.0661. The topological polar surface area (TPSA) is 63.3 Å². The predicted molar refractivity (Wildman–Crippen MR) is 65.8 cm³/mol. The van der Waals surface area contributed by atoms with E-state index in [0.717, 1.165) is 12.8 Å². The second kappa shape index (κ2) is 4.35. The maximum Gasteiger partial charge on any atom is 0.373 e. The van der Waals surface area contributed by atoms with Gasteiger partial charge in [0.05, 0.1) is 10.7 Å². The first-order valence-electron chi connectivity index (χ1n) is 5.75. The largest absolute Gasteiger partial charge is 0.475 e. The zero-order valence-corrected chi connectivity index (χ0v) is 10.4. The van der Waals surface area contributed by atoms with E-state index in [-0.39, 0.29) is 22.6 Å². The number of carboxylic acid groups (broad SMARTS) is 1. The van der Waals surface area contributed by atoms with Crippen molar-refractivity contribution in [2.24, 2.45) is 0 Å². The van der Waals surface area contributed by atoms with Crippen LogP contribution in [0.2, 0.25) is 5.02 Å². The van der Waals surface area contributed by atoms with Gasteiger partial charge in [0.25, 0.3) is 0 Å². The predicted octanol–water partition coefficient (Wildman–Crippen LogP) is 3.71. The van der Waals surface area contributed by atoms with Gasteiger partial charge in [-0.05, 0) is 31.0 Å². The molecule has 1 aliphatic rings. The second-order valence-corrected chi connectivity index (χ2v) is 4.85. The van der Waals surface area contributed by atoms with E-state index in [9.17, 15) is 9.18 Å². The molecule has 1 aromatic carbocycles. The Balaban J connectivity index is 2.07. The van der Waals surface area contributed by atoms with Gasteiger partial charge in [-0.15, -0.1) is 0 Å². The maximum absolute atomic E-state index is 13.1. The molecular weight excluding hydrogens is 273 g/mol. The highest BCUT2D eigenvalue weighted by atomic mass is 35.5. The van der Waals surface area contributed by atoms with Crippen molar-refractivity contribution in [1.82, 2.24) is 4.98 Å². The summed E-state index contributed by atoms with van der Waals surface area (Å²) in [5.74, 6) is -1.52. The molecule has 1 heterocycles. The molecule has 19 heavy (non-hydrogen) atoms. The standard InChI is InChI=1S/C13H9ClFNO3/c14-8-5-7(3-4-9(8)15)12-16-10(6-1-2-6)11(19-12)13(17)18/h3-6H,1-2H2,(H,17,18). The van der Waals surface area contributed by atoms with Gasteiger partial charge in [-0.25, -0.2) is 14.2 Å². The minimum atomic E-state index is -1.14. The first-order chi connectivity index (χ1) is 9.06. The quantitative estimate of drug-likeness (QED) is 0.931. The third-order valence-corrected chi connectivity index (χ3v) is 3.27. The summed E-state index contributed by atoms with van der Waals surface area (Å²) in [6.07, 6.45) is 1.83. The van der Waals surface area contributed by atoms with Crippen molar-refractivity contribution in [3.8, 4) is 11.5 Å². The molecule has 0 bridgehead atoms. The number of hydrogen-bond donors (Lipinski definition) is 1. The molecule has 0 spiro atoms. The van der Waals surface area contributed by atoms with Gasteiger partial charge in [-0.2, -0.15) is 0 Å². The zero-order valence-electron chi connectivity index (χ0n) is 9.69. The minimum Gasteiger partial charge on any atom is -0.475 e. The first kappa shape index (κ1) is 12.2.